The highest BCUT2D eigenvalue weighted by Crippen LogP contribution is 2.41. The minimum absolute atomic E-state index is 0.122. The first kappa shape index (κ1) is 18.8. The minimum Gasteiger partial charge on any atom is -0.733 e. The molecule has 0 aliphatic rings. The summed E-state index contributed by atoms with van der Waals surface area (Å²) in [6.45, 7) is 1.34. The maximum Gasteiger partial charge on any atom is 0.417 e. The molecule has 134 valence electrons. The zero-order valence-electron chi connectivity index (χ0n) is 12.7. The highest BCUT2D eigenvalue weighted by atomic mass is 35.5. The van der Waals surface area contributed by atoms with E-state index in [1.807, 2.05) is 0 Å². The van der Waals surface area contributed by atoms with Gasteiger partial charge in [0, 0.05) is 18.3 Å². The molecule has 1 amide bonds. The zero-order valence-corrected chi connectivity index (χ0v) is 13.4. The van der Waals surface area contributed by atoms with Gasteiger partial charge in [-0.2, -0.15) is 13.2 Å². The van der Waals surface area contributed by atoms with Gasteiger partial charge in [-0.25, -0.2) is 0 Å². The molecule has 2 aromatic rings. The van der Waals surface area contributed by atoms with E-state index in [9.17, 15) is 23.2 Å². The number of amides is 1. The second-order valence-electron chi connectivity index (χ2n) is 5.00. The van der Waals surface area contributed by atoms with Crippen molar-refractivity contribution in [3.63, 3.8) is 0 Å². The number of alkyl halides is 3. The SMILES string of the molecule is CC(=O)Nc1ccc(Nc2cc(Cl)c(C(F)(F)F)cc2N([O-])O)cc1. The number of halogens is 4. The van der Waals surface area contributed by atoms with Crippen molar-refractivity contribution in [2.24, 2.45) is 0 Å². The molecule has 0 bridgehead atoms. The van der Waals surface area contributed by atoms with E-state index < -0.39 is 27.7 Å². The van der Waals surface area contributed by atoms with Crippen LogP contribution in [0.1, 0.15) is 12.5 Å². The minimum atomic E-state index is -4.78. The Morgan fingerprint density at radius 1 is 1.20 bits per heavy atom. The summed E-state index contributed by atoms with van der Waals surface area (Å²) >= 11 is 5.63. The quantitative estimate of drug-likeness (QED) is 0.672. The molecule has 6 nitrogen and oxygen atoms in total. The zero-order chi connectivity index (χ0) is 18.8. The second kappa shape index (κ2) is 7.18. The molecule has 0 fully saturated rings. The third kappa shape index (κ3) is 4.75. The predicted molar refractivity (Wildman–Crippen MR) is 88.1 cm³/mol. The van der Waals surface area contributed by atoms with E-state index in [1.54, 1.807) is 12.1 Å². The molecule has 2 rings (SSSR count). The Labute approximate surface area is 145 Å². The number of carbonyl (C=O) groups excluding carboxylic acids is 1. The molecule has 10 heteroatoms. The standard InChI is InChI=1S/C15H12ClF3N3O3/c1-8(23)20-9-2-4-10(5-3-9)21-13-7-12(16)11(15(17,18)19)6-14(13)22(24)25/h2-7,21,24H,1H3,(H,20,23)/q-1. The molecule has 0 aromatic heterocycles. The lowest BCUT2D eigenvalue weighted by Gasteiger charge is -2.26. The highest BCUT2D eigenvalue weighted by Gasteiger charge is 2.34. The highest BCUT2D eigenvalue weighted by molar-refractivity contribution is 6.32. The lowest BCUT2D eigenvalue weighted by Crippen LogP contribution is -2.13. The summed E-state index contributed by atoms with van der Waals surface area (Å²) in [5.41, 5.74) is -1.11. The summed E-state index contributed by atoms with van der Waals surface area (Å²) < 4.78 is 38.6. The van der Waals surface area contributed by atoms with Gasteiger partial charge in [-0.1, -0.05) is 11.6 Å². The van der Waals surface area contributed by atoms with Crippen molar-refractivity contribution in [2.75, 3.05) is 15.9 Å². The number of nitrogens with one attached hydrogen (secondary N) is 2. The molecule has 0 spiro atoms. The van der Waals surface area contributed by atoms with Gasteiger partial charge in [0.25, 0.3) is 0 Å². The Morgan fingerprint density at radius 2 is 1.76 bits per heavy atom. The summed E-state index contributed by atoms with van der Waals surface area (Å²) in [7, 11) is 0. The third-order valence-electron chi connectivity index (χ3n) is 3.08. The molecule has 2 aromatic carbocycles. The smallest absolute Gasteiger partial charge is 0.417 e. The van der Waals surface area contributed by atoms with Crippen LogP contribution in [0.3, 0.4) is 0 Å². The van der Waals surface area contributed by atoms with Crippen LogP contribution in [0.5, 0.6) is 0 Å². The molecule has 0 aliphatic carbocycles. The van der Waals surface area contributed by atoms with E-state index in [0.717, 1.165) is 6.07 Å². The number of hydrogen-bond acceptors (Lipinski definition) is 5. The van der Waals surface area contributed by atoms with Gasteiger partial charge in [-0.05, 0) is 36.4 Å². The average molecular weight is 375 g/mol. The van der Waals surface area contributed by atoms with Crippen LogP contribution < -0.4 is 15.9 Å². The first-order valence-electron chi connectivity index (χ1n) is 6.79. The van der Waals surface area contributed by atoms with Crippen LogP contribution in [0.15, 0.2) is 36.4 Å². The van der Waals surface area contributed by atoms with E-state index >= 15 is 0 Å². The van der Waals surface area contributed by atoms with Crippen LogP contribution in [-0.2, 0) is 11.0 Å². The van der Waals surface area contributed by atoms with E-state index in [1.165, 1.54) is 19.1 Å². The second-order valence-corrected chi connectivity index (χ2v) is 5.41. The van der Waals surface area contributed by atoms with Gasteiger partial charge >= 0.3 is 6.18 Å². The summed E-state index contributed by atoms with van der Waals surface area (Å²) in [6, 6.07) is 7.47. The Bertz CT molecular complexity index is 780. The lowest BCUT2D eigenvalue weighted by atomic mass is 10.1. The van der Waals surface area contributed by atoms with Crippen LogP contribution in [0.4, 0.5) is 35.9 Å². The van der Waals surface area contributed by atoms with Gasteiger partial charge in [0.1, 0.15) is 0 Å². The Hall–Kier alpha value is -2.49. The van der Waals surface area contributed by atoms with Gasteiger partial charge < -0.3 is 21.1 Å². The molecule has 0 radical (unpaired) electrons. The number of anilines is 4. The summed E-state index contributed by atoms with van der Waals surface area (Å²) in [4.78, 5) is 11.0. The van der Waals surface area contributed by atoms with Crippen molar-refractivity contribution in [1.29, 1.82) is 0 Å². The summed E-state index contributed by atoms with van der Waals surface area (Å²) in [5, 5.41) is 24.2. The number of benzene rings is 2. The fourth-order valence-electron chi connectivity index (χ4n) is 2.03. The molecule has 0 heterocycles. The van der Waals surface area contributed by atoms with E-state index in [4.69, 9.17) is 16.8 Å². The van der Waals surface area contributed by atoms with Gasteiger partial charge in [0.05, 0.1) is 22.0 Å². The van der Waals surface area contributed by atoms with E-state index in [2.05, 4.69) is 10.6 Å². The fourth-order valence-corrected chi connectivity index (χ4v) is 2.30. The fraction of sp³-hybridized carbons (Fsp3) is 0.133. The maximum absolute atomic E-state index is 12.9. The van der Waals surface area contributed by atoms with E-state index in [0.29, 0.717) is 17.4 Å². The van der Waals surface area contributed by atoms with Crippen LogP contribution >= 0.6 is 11.6 Å². The van der Waals surface area contributed by atoms with Crippen molar-refractivity contribution in [3.8, 4) is 0 Å². The Morgan fingerprint density at radius 3 is 2.24 bits per heavy atom. The summed E-state index contributed by atoms with van der Waals surface area (Å²) in [5.74, 6) is -0.264. The van der Waals surface area contributed by atoms with Gasteiger partial charge in [-0.3, -0.25) is 10.0 Å². The van der Waals surface area contributed by atoms with Crippen molar-refractivity contribution < 1.29 is 23.2 Å². The average Bonchev–Trinajstić information content (AvgIpc) is 2.47. The molecule has 0 atom stereocenters. The number of rotatable bonds is 4. The van der Waals surface area contributed by atoms with Crippen LogP contribution in [0.25, 0.3) is 0 Å². The van der Waals surface area contributed by atoms with Gasteiger partial charge in [0.15, 0.2) is 0 Å². The molecule has 0 saturated heterocycles. The Kier molecular flexibility index (Phi) is 5.41. The largest absolute Gasteiger partial charge is 0.733 e. The first-order chi connectivity index (χ1) is 11.6. The molecule has 3 N–H and O–H groups in total. The molecule has 0 unspecified atom stereocenters. The molecular formula is C15H12ClF3N3O3-. The van der Waals surface area contributed by atoms with Crippen molar-refractivity contribution >= 4 is 40.3 Å². The molecule has 0 aliphatic heterocycles. The van der Waals surface area contributed by atoms with Crippen molar-refractivity contribution in [1.82, 2.24) is 0 Å². The van der Waals surface area contributed by atoms with Gasteiger partial charge in [-0.15, -0.1) is 0 Å². The number of hydrogen-bond donors (Lipinski definition) is 3. The normalized spacial score (nSPS) is 11.2. The molecule has 0 saturated carbocycles. The van der Waals surface area contributed by atoms with Crippen molar-refractivity contribution in [2.45, 2.75) is 13.1 Å². The van der Waals surface area contributed by atoms with Crippen LogP contribution in [0, 0.1) is 5.21 Å². The molecular weight excluding hydrogens is 363 g/mol. The monoisotopic (exact) mass is 374 g/mol. The maximum atomic E-state index is 12.9. The molecule has 25 heavy (non-hydrogen) atoms. The predicted octanol–water partition coefficient (Wildman–Crippen LogP) is 4.75. The topological polar surface area (TPSA) is 87.7 Å². The van der Waals surface area contributed by atoms with Crippen LogP contribution in [0.2, 0.25) is 5.02 Å². The van der Waals surface area contributed by atoms with E-state index in [-0.39, 0.29) is 11.6 Å². The van der Waals surface area contributed by atoms with Crippen molar-refractivity contribution in [3.05, 3.63) is 52.2 Å². The third-order valence-corrected chi connectivity index (χ3v) is 3.39. The summed E-state index contributed by atoms with van der Waals surface area (Å²) in [6.07, 6.45) is -4.78. The lowest BCUT2D eigenvalue weighted by molar-refractivity contribution is -0.137. The first-order valence-corrected chi connectivity index (χ1v) is 7.17. The number of nitrogens with zero attached hydrogens (tertiary/aromatic N) is 1. The Balaban J connectivity index is 2.35. The number of carbonyl (C=O) groups is 1. The van der Waals surface area contributed by atoms with Gasteiger partial charge in [0.2, 0.25) is 5.91 Å². The van der Waals surface area contributed by atoms with Crippen LogP contribution in [-0.4, -0.2) is 11.1 Å².